The number of hydrogen-bond acceptors (Lipinski definition) is 8. The van der Waals surface area contributed by atoms with E-state index in [2.05, 4.69) is 15.5 Å². The van der Waals surface area contributed by atoms with Gasteiger partial charge in [0, 0.05) is 17.7 Å². The largest absolute Gasteiger partial charge is 0.497 e. The Morgan fingerprint density at radius 1 is 1.02 bits per heavy atom. The van der Waals surface area contributed by atoms with Crippen LogP contribution in [0.1, 0.15) is 39.1 Å². The second-order valence-corrected chi connectivity index (χ2v) is 11.7. The van der Waals surface area contributed by atoms with Gasteiger partial charge in [-0.1, -0.05) is 54.2 Å². The Bertz CT molecular complexity index is 1790. The average molecular weight is 627 g/mol. The zero-order chi connectivity index (χ0) is 30.5. The Morgan fingerprint density at radius 3 is 2.57 bits per heavy atom. The van der Waals surface area contributed by atoms with Crippen LogP contribution in [0, 0.1) is 5.82 Å². The SMILES string of the molecule is COc1ccc(C2CC(c3cccs3)=NN2C(=O)CSc2nnc(CNC(=O)c3cccc(F)c3)n2-c2ccccc2)cc1. The number of ether oxygens (including phenoxy) is 1. The van der Waals surface area contributed by atoms with Crippen LogP contribution in [-0.4, -0.2) is 50.2 Å². The lowest BCUT2D eigenvalue weighted by Crippen LogP contribution is -2.28. The van der Waals surface area contributed by atoms with Gasteiger partial charge < -0.3 is 10.1 Å². The summed E-state index contributed by atoms with van der Waals surface area (Å²) in [5.74, 6) is 0.163. The Labute approximate surface area is 261 Å². The van der Waals surface area contributed by atoms with Crippen molar-refractivity contribution >= 4 is 40.6 Å². The van der Waals surface area contributed by atoms with Crippen molar-refractivity contribution in [3.63, 3.8) is 0 Å². The number of para-hydroxylation sites is 1. The van der Waals surface area contributed by atoms with Crippen molar-refractivity contribution in [2.24, 2.45) is 5.10 Å². The number of rotatable bonds is 10. The third-order valence-corrected chi connectivity index (χ3v) is 8.84. The molecule has 6 rings (SSSR count). The van der Waals surface area contributed by atoms with Gasteiger partial charge in [0.15, 0.2) is 11.0 Å². The lowest BCUT2D eigenvalue weighted by Gasteiger charge is -2.22. The molecule has 2 aromatic heterocycles. The molecule has 1 aliphatic rings. The molecule has 1 aliphatic heterocycles. The number of hydrogen-bond donors (Lipinski definition) is 1. The number of halogens is 1. The lowest BCUT2D eigenvalue weighted by molar-refractivity contribution is -0.130. The van der Waals surface area contributed by atoms with E-state index in [4.69, 9.17) is 9.84 Å². The summed E-state index contributed by atoms with van der Waals surface area (Å²) in [5, 5.41) is 20.3. The molecule has 222 valence electrons. The summed E-state index contributed by atoms with van der Waals surface area (Å²) in [5.41, 5.74) is 2.80. The quantitative estimate of drug-likeness (QED) is 0.195. The number of carbonyl (C=O) groups excluding carboxylic acids is 2. The van der Waals surface area contributed by atoms with Crippen LogP contribution in [0.25, 0.3) is 5.69 Å². The van der Waals surface area contributed by atoms with E-state index in [0.29, 0.717) is 17.4 Å². The highest BCUT2D eigenvalue weighted by Gasteiger charge is 2.33. The molecule has 0 radical (unpaired) electrons. The molecule has 0 spiro atoms. The van der Waals surface area contributed by atoms with Gasteiger partial charge >= 0.3 is 0 Å². The summed E-state index contributed by atoms with van der Waals surface area (Å²) < 4.78 is 20.8. The molecule has 0 saturated carbocycles. The molecule has 1 atom stereocenters. The smallest absolute Gasteiger partial charge is 0.253 e. The van der Waals surface area contributed by atoms with Crippen LogP contribution in [0.5, 0.6) is 5.75 Å². The summed E-state index contributed by atoms with van der Waals surface area (Å²) in [6.45, 7) is 0.0475. The molecule has 0 aliphatic carbocycles. The number of nitrogens with one attached hydrogen (secondary N) is 1. The van der Waals surface area contributed by atoms with E-state index in [1.807, 2.05) is 72.1 Å². The monoisotopic (exact) mass is 626 g/mol. The first-order valence-electron chi connectivity index (χ1n) is 13.7. The van der Waals surface area contributed by atoms with Gasteiger partial charge in [0.2, 0.25) is 0 Å². The van der Waals surface area contributed by atoms with Crippen molar-refractivity contribution in [3.8, 4) is 11.4 Å². The molecule has 0 bridgehead atoms. The number of methoxy groups -OCH3 is 1. The zero-order valence-corrected chi connectivity index (χ0v) is 25.2. The minimum absolute atomic E-state index is 0.0475. The van der Waals surface area contributed by atoms with E-state index in [0.717, 1.165) is 27.6 Å². The number of hydrazone groups is 1. The summed E-state index contributed by atoms with van der Waals surface area (Å²) in [6, 6.07) is 26.3. The van der Waals surface area contributed by atoms with Crippen LogP contribution in [0.4, 0.5) is 4.39 Å². The normalized spacial score (nSPS) is 14.4. The lowest BCUT2D eigenvalue weighted by atomic mass is 10.0. The number of carbonyl (C=O) groups is 2. The third-order valence-electron chi connectivity index (χ3n) is 7.01. The predicted octanol–water partition coefficient (Wildman–Crippen LogP) is 5.88. The maximum absolute atomic E-state index is 13.7. The fraction of sp³-hybridized carbons (Fsp3) is 0.156. The van der Waals surface area contributed by atoms with Crippen molar-refractivity contribution in [1.82, 2.24) is 25.1 Å². The topological polar surface area (TPSA) is 102 Å². The number of amides is 2. The van der Waals surface area contributed by atoms with Gasteiger partial charge in [0.1, 0.15) is 11.6 Å². The van der Waals surface area contributed by atoms with Crippen LogP contribution in [0.3, 0.4) is 0 Å². The molecule has 0 fully saturated rings. The molecular weight excluding hydrogens is 600 g/mol. The molecular formula is C32H27FN6O3S2. The first kappa shape index (κ1) is 29.3. The Morgan fingerprint density at radius 2 is 1.84 bits per heavy atom. The molecule has 2 amide bonds. The van der Waals surface area contributed by atoms with Gasteiger partial charge in [-0.2, -0.15) is 5.10 Å². The predicted molar refractivity (Wildman–Crippen MR) is 168 cm³/mol. The van der Waals surface area contributed by atoms with Crippen LogP contribution >= 0.6 is 23.1 Å². The summed E-state index contributed by atoms with van der Waals surface area (Å²) in [6.07, 6.45) is 0.596. The number of benzene rings is 3. The Kier molecular flexibility index (Phi) is 8.80. The van der Waals surface area contributed by atoms with Crippen molar-refractivity contribution < 1.29 is 18.7 Å². The van der Waals surface area contributed by atoms with Crippen LogP contribution in [0.15, 0.2) is 107 Å². The summed E-state index contributed by atoms with van der Waals surface area (Å²) in [4.78, 5) is 27.4. The number of nitrogens with zero attached hydrogens (tertiary/aromatic N) is 5. The molecule has 0 saturated heterocycles. The van der Waals surface area contributed by atoms with Crippen LogP contribution in [0.2, 0.25) is 0 Å². The standard InChI is InChI=1S/C32H27FN6O3S2/c1-42-25-14-12-21(13-15-25)27-18-26(28-11-6-16-43-28)37-39(27)30(40)20-44-32-36-35-29(38(32)24-9-3-2-4-10-24)19-34-31(41)22-7-5-8-23(33)17-22/h2-17,27H,18-20H2,1H3,(H,34,41). The minimum Gasteiger partial charge on any atom is -0.497 e. The number of thiophene rings is 1. The average Bonchev–Trinajstić information content (AvgIpc) is 3.83. The van der Waals surface area contributed by atoms with Crippen molar-refractivity contribution in [3.05, 3.63) is 124 Å². The number of aromatic nitrogens is 3. The van der Waals surface area contributed by atoms with E-state index in [1.165, 1.54) is 36.0 Å². The van der Waals surface area contributed by atoms with Crippen LogP contribution in [-0.2, 0) is 11.3 Å². The van der Waals surface area contributed by atoms with Gasteiger partial charge in [-0.15, -0.1) is 21.5 Å². The van der Waals surface area contributed by atoms with E-state index >= 15 is 0 Å². The molecule has 9 nitrogen and oxygen atoms in total. The summed E-state index contributed by atoms with van der Waals surface area (Å²) >= 11 is 2.83. The Balaban J connectivity index is 1.22. The van der Waals surface area contributed by atoms with Gasteiger partial charge in [-0.25, -0.2) is 9.40 Å². The third kappa shape index (κ3) is 6.41. The van der Waals surface area contributed by atoms with Crippen molar-refractivity contribution in [2.45, 2.75) is 24.2 Å². The second-order valence-electron chi connectivity index (χ2n) is 9.81. The van der Waals surface area contributed by atoms with Crippen molar-refractivity contribution in [2.75, 3.05) is 12.9 Å². The fourth-order valence-corrected chi connectivity index (χ4v) is 6.39. The van der Waals surface area contributed by atoms with E-state index in [-0.39, 0.29) is 29.8 Å². The molecule has 1 N–H and O–H groups in total. The van der Waals surface area contributed by atoms with Gasteiger partial charge in [0.05, 0.1) is 36.0 Å². The maximum atomic E-state index is 13.7. The second kappa shape index (κ2) is 13.2. The van der Waals surface area contributed by atoms with Gasteiger partial charge in [-0.3, -0.25) is 14.2 Å². The van der Waals surface area contributed by atoms with Crippen LogP contribution < -0.4 is 10.1 Å². The molecule has 3 aromatic carbocycles. The maximum Gasteiger partial charge on any atom is 0.253 e. The van der Waals surface area contributed by atoms with E-state index < -0.39 is 11.7 Å². The molecule has 44 heavy (non-hydrogen) atoms. The summed E-state index contributed by atoms with van der Waals surface area (Å²) in [7, 11) is 1.62. The van der Waals surface area contributed by atoms with Gasteiger partial charge in [0.25, 0.3) is 11.8 Å². The van der Waals surface area contributed by atoms with E-state index in [1.54, 1.807) is 28.0 Å². The number of thioether (sulfide) groups is 1. The molecule has 3 heterocycles. The molecule has 5 aromatic rings. The van der Waals surface area contributed by atoms with E-state index in [9.17, 15) is 14.0 Å². The molecule has 12 heteroatoms. The van der Waals surface area contributed by atoms with Gasteiger partial charge in [-0.05, 0) is 59.5 Å². The highest BCUT2D eigenvalue weighted by molar-refractivity contribution is 7.99. The highest BCUT2D eigenvalue weighted by Crippen LogP contribution is 2.35. The molecule has 1 unspecified atom stereocenters. The first-order valence-corrected chi connectivity index (χ1v) is 15.6. The fourth-order valence-electron chi connectivity index (χ4n) is 4.85. The van der Waals surface area contributed by atoms with Crippen molar-refractivity contribution in [1.29, 1.82) is 0 Å². The Hall–Kier alpha value is -4.81. The minimum atomic E-state index is -0.493. The first-order chi connectivity index (χ1) is 21.5. The zero-order valence-electron chi connectivity index (χ0n) is 23.6. The highest BCUT2D eigenvalue weighted by atomic mass is 32.2.